The van der Waals surface area contributed by atoms with Crippen LogP contribution in [0.1, 0.15) is 182 Å². The van der Waals surface area contributed by atoms with Crippen molar-refractivity contribution < 1.29 is 0 Å². The monoisotopic (exact) mass is 575 g/mol. The normalized spacial score (nSPS) is 11.3. The zero-order valence-corrected chi connectivity index (χ0v) is 28.1. The summed E-state index contributed by atoms with van der Waals surface area (Å²) in [6.45, 7) is 13.2. The fraction of sp³-hybridized carbons (Fsp3) is 0.914. The van der Waals surface area contributed by atoms with Crippen LogP contribution in [0.5, 0.6) is 0 Å². The van der Waals surface area contributed by atoms with Gasteiger partial charge < -0.3 is 15.5 Å². The molecule has 0 aromatic carbocycles. The Balaban J connectivity index is 2.91. The van der Waals surface area contributed by atoms with Crippen LogP contribution in [-0.4, -0.2) is 41.1 Å². The summed E-state index contributed by atoms with van der Waals surface area (Å²) >= 11 is 0. The number of nitrogen functional groups attached to an aromatic ring is 1. The minimum Gasteiger partial charge on any atom is -0.368 e. The van der Waals surface area contributed by atoms with Crippen molar-refractivity contribution in [1.29, 1.82) is 0 Å². The van der Waals surface area contributed by atoms with Gasteiger partial charge >= 0.3 is 0 Å². The molecule has 0 spiro atoms. The molecule has 0 saturated carbocycles. The molecule has 240 valence electrons. The number of aromatic nitrogens is 3. The highest BCUT2D eigenvalue weighted by Crippen LogP contribution is 2.20. The lowest BCUT2D eigenvalue weighted by molar-refractivity contribution is 0.564. The standard InChI is InChI=1S/C35H70N6/c1-5-9-13-17-21-25-29-40(30-26-22-18-14-10-6-2)34-37-33(36)38-35(39-34)41(31-27-23-19-15-11-7-3)32-28-24-20-16-12-8-4/h5-32H2,1-4H3,(H2,36,37,38,39). The van der Waals surface area contributed by atoms with E-state index in [0.29, 0.717) is 5.95 Å². The van der Waals surface area contributed by atoms with E-state index in [1.165, 1.54) is 154 Å². The first kappa shape index (κ1) is 37.4. The summed E-state index contributed by atoms with van der Waals surface area (Å²) in [6, 6.07) is 0. The van der Waals surface area contributed by atoms with Gasteiger partial charge in [0.1, 0.15) is 0 Å². The molecule has 2 N–H and O–H groups in total. The summed E-state index contributed by atoms with van der Waals surface area (Å²) in [5, 5.41) is 0. The average molecular weight is 575 g/mol. The molecular formula is C35H70N6. The van der Waals surface area contributed by atoms with Crippen LogP contribution in [0.4, 0.5) is 17.8 Å². The Morgan fingerprint density at radius 3 is 0.878 bits per heavy atom. The third-order valence-corrected chi connectivity index (χ3v) is 8.32. The zero-order chi connectivity index (χ0) is 29.8. The first-order valence-corrected chi connectivity index (χ1v) is 18.2. The van der Waals surface area contributed by atoms with Crippen LogP contribution in [0.15, 0.2) is 0 Å². The molecule has 0 radical (unpaired) electrons. The number of hydrogen-bond acceptors (Lipinski definition) is 6. The number of rotatable bonds is 30. The molecule has 0 aliphatic heterocycles. The molecule has 6 heteroatoms. The predicted octanol–water partition coefficient (Wildman–Crippen LogP) is 10.5. The van der Waals surface area contributed by atoms with E-state index in [1.54, 1.807) is 0 Å². The Kier molecular flexibility index (Phi) is 24.9. The molecule has 41 heavy (non-hydrogen) atoms. The lowest BCUT2D eigenvalue weighted by Gasteiger charge is -2.26. The molecule has 1 aromatic rings. The van der Waals surface area contributed by atoms with Crippen molar-refractivity contribution in [2.24, 2.45) is 0 Å². The fourth-order valence-corrected chi connectivity index (χ4v) is 5.61. The van der Waals surface area contributed by atoms with E-state index >= 15 is 0 Å². The molecule has 0 fully saturated rings. The van der Waals surface area contributed by atoms with Crippen molar-refractivity contribution in [2.45, 2.75) is 182 Å². The molecule has 0 atom stereocenters. The Morgan fingerprint density at radius 1 is 0.366 bits per heavy atom. The third-order valence-electron chi connectivity index (χ3n) is 8.32. The summed E-state index contributed by atoms with van der Waals surface area (Å²) < 4.78 is 0. The van der Waals surface area contributed by atoms with E-state index in [1.807, 2.05) is 0 Å². The minimum atomic E-state index is 0.372. The Morgan fingerprint density at radius 2 is 0.610 bits per heavy atom. The van der Waals surface area contributed by atoms with Gasteiger partial charge in [0, 0.05) is 26.2 Å². The highest BCUT2D eigenvalue weighted by atomic mass is 15.3. The molecule has 1 heterocycles. The smallest absolute Gasteiger partial charge is 0.231 e. The molecule has 0 bridgehead atoms. The second-order valence-electron chi connectivity index (χ2n) is 12.3. The van der Waals surface area contributed by atoms with Crippen molar-refractivity contribution in [3.8, 4) is 0 Å². The van der Waals surface area contributed by atoms with E-state index in [2.05, 4.69) is 47.5 Å². The number of hydrogen-bond donors (Lipinski definition) is 1. The van der Waals surface area contributed by atoms with Gasteiger partial charge in [0.15, 0.2) is 0 Å². The van der Waals surface area contributed by atoms with Crippen LogP contribution in [0, 0.1) is 0 Å². The molecule has 1 rings (SSSR count). The number of anilines is 3. The average Bonchev–Trinajstić information content (AvgIpc) is 2.97. The van der Waals surface area contributed by atoms with Gasteiger partial charge in [-0.3, -0.25) is 0 Å². The van der Waals surface area contributed by atoms with Crippen molar-refractivity contribution >= 4 is 17.8 Å². The van der Waals surface area contributed by atoms with E-state index in [-0.39, 0.29) is 0 Å². The topological polar surface area (TPSA) is 71.2 Å². The van der Waals surface area contributed by atoms with Gasteiger partial charge in [0.2, 0.25) is 17.8 Å². The van der Waals surface area contributed by atoms with E-state index in [0.717, 1.165) is 38.1 Å². The Bertz CT molecular complexity index is 611. The lowest BCUT2D eigenvalue weighted by Crippen LogP contribution is -2.32. The largest absolute Gasteiger partial charge is 0.368 e. The van der Waals surface area contributed by atoms with E-state index in [4.69, 9.17) is 10.7 Å². The van der Waals surface area contributed by atoms with Crippen molar-refractivity contribution in [2.75, 3.05) is 41.7 Å². The highest BCUT2D eigenvalue weighted by Gasteiger charge is 2.17. The maximum atomic E-state index is 6.36. The Hall–Kier alpha value is -1.59. The van der Waals surface area contributed by atoms with E-state index in [9.17, 15) is 0 Å². The molecule has 6 nitrogen and oxygen atoms in total. The van der Waals surface area contributed by atoms with Crippen molar-refractivity contribution in [1.82, 2.24) is 15.0 Å². The van der Waals surface area contributed by atoms with Crippen molar-refractivity contribution in [3.05, 3.63) is 0 Å². The molecule has 0 amide bonds. The second-order valence-corrected chi connectivity index (χ2v) is 12.3. The Labute approximate surface area is 256 Å². The SMILES string of the molecule is CCCCCCCCN(CCCCCCCC)c1nc(N)nc(N(CCCCCCCC)CCCCCCCC)n1. The summed E-state index contributed by atoms with van der Waals surface area (Å²) in [4.78, 5) is 19.3. The zero-order valence-electron chi connectivity index (χ0n) is 28.1. The maximum absolute atomic E-state index is 6.36. The first-order valence-electron chi connectivity index (χ1n) is 18.2. The quantitative estimate of drug-likeness (QED) is 0.0921. The third kappa shape index (κ3) is 20.0. The van der Waals surface area contributed by atoms with Crippen LogP contribution >= 0.6 is 0 Å². The van der Waals surface area contributed by atoms with Gasteiger partial charge in [-0.15, -0.1) is 0 Å². The summed E-state index contributed by atoms with van der Waals surface area (Å²) in [6.07, 6.45) is 31.2. The number of unbranched alkanes of at least 4 members (excludes halogenated alkanes) is 20. The number of nitrogens with zero attached hydrogens (tertiary/aromatic N) is 5. The predicted molar refractivity (Wildman–Crippen MR) is 182 cm³/mol. The molecule has 0 saturated heterocycles. The summed E-state index contributed by atoms with van der Waals surface area (Å²) in [5.74, 6) is 1.97. The van der Waals surface area contributed by atoms with Gasteiger partial charge in [-0.1, -0.05) is 156 Å². The number of nitrogens with two attached hydrogens (primary N) is 1. The fourth-order valence-electron chi connectivity index (χ4n) is 5.61. The maximum Gasteiger partial charge on any atom is 0.231 e. The van der Waals surface area contributed by atoms with Crippen LogP contribution in [0.2, 0.25) is 0 Å². The first-order chi connectivity index (χ1) is 20.2. The van der Waals surface area contributed by atoms with Gasteiger partial charge in [-0.25, -0.2) is 0 Å². The van der Waals surface area contributed by atoms with Gasteiger partial charge in [0.05, 0.1) is 0 Å². The minimum absolute atomic E-state index is 0.372. The van der Waals surface area contributed by atoms with Crippen LogP contribution in [-0.2, 0) is 0 Å². The molecule has 0 aliphatic carbocycles. The van der Waals surface area contributed by atoms with Crippen LogP contribution in [0.3, 0.4) is 0 Å². The molecule has 0 unspecified atom stereocenters. The van der Waals surface area contributed by atoms with Gasteiger partial charge in [-0.05, 0) is 25.7 Å². The van der Waals surface area contributed by atoms with Crippen molar-refractivity contribution in [3.63, 3.8) is 0 Å². The van der Waals surface area contributed by atoms with Crippen LogP contribution in [0.25, 0.3) is 0 Å². The summed E-state index contributed by atoms with van der Waals surface area (Å²) in [7, 11) is 0. The van der Waals surface area contributed by atoms with Crippen LogP contribution < -0.4 is 15.5 Å². The van der Waals surface area contributed by atoms with Gasteiger partial charge in [0.25, 0.3) is 0 Å². The lowest BCUT2D eigenvalue weighted by atomic mass is 10.1. The summed E-state index contributed by atoms with van der Waals surface area (Å²) in [5.41, 5.74) is 6.36. The molecule has 1 aromatic heterocycles. The molecular weight excluding hydrogens is 504 g/mol. The van der Waals surface area contributed by atoms with Gasteiger partial charge in [-0.2, -0.15) is 15.0 Å². The highest BCUT2D eigenvalue weighted by molar-refractivity contribution is 5.43. The van der Waals surface area contributed by atoms with E-state index < -0.39 is 0 Å². The molecule has 0 aliphatic rings. The second kappa shape index (κ2) is 27.3.